The Balaban J connectivity index is 1.55. The molecule has 0 radical (unpaired) electrons. The van der Waals surface area contributed by atoms with E-state index in [2.05, 4.69) is 9.62 Å². The first kappa shape index (κ1) is 18.3. The number of hydrogen-bond donors (Lipinski definition) is 1. The maximum Gasteiger partial charge on any atom is 0.233 e. The molecule has 1 N–H and O–H groups in total. The summed E-state index contributed by atoms with van der Waals surface area (Å²) in [5.74, 6) is 0.0480. The second-order valence-corrected chi connectivity index (χ2v) is 8.17. The summed E-state index contributed by atoms with van der Waals surface area (Å²) in [7, 11) is -3.39. The molecule has 138 valence electrons. The van der Waals surface area contributed by atoms with Crippen LogP contribution in [-0.2, 0) is 21.2 Å². The lowest BCUT2D eigenvalue weighted by atomic mass is 10.2. The van der Waals surface area contributed by atoms with Gasteiger partial charge in [0, 0.05) is 37.6 Å². The molecule has 0 unspecified atom stereocenters. The Labute approximate surface area is 154 Å². The first-order valence-electron chi connectivity index (χ1n) is 8.64. The zero-order valence-corrected chi connectivity index (χ0v) is 15.4. The number of amides is 1. The Hall–Kier alpha value is -2.54. The highest BCUT2D eigenvalue weighted by Gasteiger charge is 2.16. The van der Waals surface area contributed by atoms with E-state index in [9.17, 15) is 13.2 Å². The van der Waals surface area contributed by atoms with Crippen molar-refractivity contribution in [2.24, 2.45) is 0 Å². The Morgan fingerprint density at radius 1 is 0.923 bits per heavy atom. The molecule has 1 saturated heterocycles. The molecule has 6 nitrogen and oxygen atoms in total. The van der Waals surface area contributed by atoms with Gasteiger partial charge >= 0.3 is 0 Å². The third-order valence-electron chi connectivity index (χ3n) is 4.47. The maximum absolute atomic E-state index is 12.3. The number of anilines is 2. The number of sulfonamides is 1. The van der Waals surface area contributed by atoms with Crippen molar-refractivity contribution in [3.05, 3.63) is 60.2 Å². The second-order valence-electron chi connectivity index (χ2n) is 6.33. The third-order valence-corrected chi connectivity index (χ3v) is 5.76. The lowest BCUT2D eigenvalue weighted by Crippen LogP contribution is -2.45. The van der Waals surface area contributed by atoms with E-state index in [0.717, 1.165) is 30.8 Å². The number of benzene rings is 2. The van der Waals surface area contributed by atoms with Crippen molar-refractivity contribution in [3.63, 3.8) is 0 Å². The minimum absolute atomic E-state index is 0.0480. The molecule has 1 aliphatic heterocycles. The normalized spacial score (nSPS) is 14.9. The number of rotatable bonds is 7. The van der Waals surface area contributed by atoms with Gasteiger partial charge in [-0.05, 0) is 36.2 Å². The highest BCUT2D eigenvalue weighted by atomic mass is 32.2. The monoisotopic (exact) mass is 373 g/mol. The molecule has 1 aliphatic rings. The number of carbonyl (C=O) groups is 1. The van der Waals surface area contributed by atoms with Crippen molar-refractivity contribution < 1.29 is 13.2 Å². The van der Waals surface area contributed by atoms with Gasteiger partial charge in [0.15, 0.2) is 0 Å². The van der Waals surface area contributed by atoms with Crippen LogP contribution >= 0.6 is 0 Å². The molecule has 26 heavy (non-hydrogen) atoms. The molecule has 0 aromatic heterocycles. The average Bonchev–Trinajstić information content (AvgIpc) is 2.68. The molecule has 1 heterocycles. The van der Waals surface area contributed by atoms with Crippen molar-refractivity contribution >= 4 is 27.8 Å². The van der Waals surface area contributed by atoms with Gasteiger partial charge in [0.25, 0.3) is 0 Å². The lowest BCUT2D eigenvalue weighted by Gasteiger charge is -2.34. The van der Waals surface area contributed by atoms with Crippen LogP contribution in [0.5, 0.6) is 0 Å². The van der Waals surface area contributed by atoms with E-state index in [0.29, 0.717) is 25.2 Å². The predicted molar refractivity (Wildman–Crippen MR) is 104 cm³/mol. The van der Waals surface area contributed by atoms with Crippen LogP contribution in [0.3, 0.4) is 0 Å². The van der Waals surface area contributed by atoms with Crippen LogP contribution < -0.4 is 9.62 Å². The highest BCUT2D eigenvalue weighted by Crippen LogP contribution is 2.20. The van der Waals surface area contributed by atoms with Gasteiger partial charge in [-0.2, -0.15) is 0 Å². The molecule has 1 amide bonds. The summed E-state index contributed by atoms with van der Waals surface area (Å²) in [6.07, 6.45) is 1.36. The lowest BCUT2D eigenvalue weighted by molar-refractivity contribution is -0.118. The fourth-order valence-corrected chi connectivity index (χ4v) is 4.05. The molecule has 7 heteroatoms. The smallest absolute Gasteiger partial charge is 0.233 e. The molecule has 0 bridgehead atoms. The number of nitrogens with zero attached hydrogens (tertiary/aromatic N) is 2. The first-order chi connectivity index (χ1) is 12.6. The van der Waals surface area contributed by atoms with Crippen LogP contribution in [-0.4, -0.2) is 51.7 Å². The SMILES string of the molecule is O=CN1CCN(c2ccc(NS(=O)(=O)CCc3ccccc3)cc2)CC1. The summed E-state index contributed by atoms with van der Waals surface area (Å²) < 4.78 is 27.2. The molecule has 0 saturated carbocycles. The van der Waals surface area contributed by atoms with Crippen LogP contribution in [0.2, 0.25) is 0 Å². The number of carbonyl (C=O) groups excluding carboxylic acids is 1. The maximum atomic E-state index is 12.3. The van der Waals surface area contributed by atoms with Gasteiger partial charge in [-0.3, -0.25) is 9.52 Å². The quantitative estimate of drug-likeness (QED) is 0.753. The van der Waals surface area contributed by atoms with Gasteiger partial charge in [0.05, 0.1) is 5.75 Å². The van der Waals surface area contributed by atoms with Gasteiger partial charge in [-0.15, -0.1) is 0 Å². The molecule has 2 aromatic rings. The number of piperazine rings is 1. The molecule has 2 aromatic carbocycles. The summed E-state index contributed by atoms with van der Waals surface area (Å²) in [6, 6.07) is 17.0. The van der Waals surface area contributed by atoms with E-state index >= 15 is 0 Å². The van der Waals surface area contributed by atoms with Crippen molar-refractivity contribution in [2.45, 2.75) is 6.42 Å². The highest BCUT2D eigenvalue weighted by molar-refractivity contribution is 7.92. The number of hydrogen-bond acceptors (Lipinski definition) is 4. The van der Waals surface area contributed by atoms with Crippen LogP contribution in [0.1, 0.15) is 5.56 Å². The van der Waals surface area contributed by atoms with Gasteiger partial charge < -0.3 is 9.80 Å². The van der Waals surface area contributed by atoms with Crippen LogP contribution in [0.15, 0.2) is 54.6 Å². The fraction of sp³-hybridized carbons (Fsp3) is 0.316. The van der Waals surface area contributed by atoms with E-state index in [1.165, 1.54) is 0 Å². The summed E-state index contributed by atoms with van der Waals surface area (Å²) in [5.41, 5.74) is 2.60. The van der Waals surface area contributed by atoms with E-state index < -0.39 is 10.0 Å². The Kier molecular flexibility index (Phi) is 5.78. The van der Waals surface area contributed by atoms with E-state index in [1.54, 1.807) is 17.0 Å². The number of aryl methyl sites for hydroxylation is 1. The largest absolute Gasteiger partial charge is 0.368 e. The van der Waals surface area contributed by atoms with E-state index in [1.807, 2.05) is 42.5 Å². The molecular weight excluding hydrogens is 350 g/mol. The Morgan fingerprint density at radius 2 is 1.58 bits per heavy atom. The van der Waals surface area contributed by atoms with E-state index in [-0.39, 0.29) is 5.75 Å². The first-order valence-corrected chi connectivity index (χ1v) is 10.3. The van der Waals surface area contributed by atoms with Crippen molar-refractivity contribution in [1.29, 1.82) is 0 Å². The minimum atomic E-state index is -3.39. The van der Waals surface area contributed by atoms with Crippen LogP contribution in [0.4, 0.5) is 11.4 Å². The third kappa shape index (κ3) is 4.98. The molecule has 0 spiro atoms. The molecule has 0 aliphatic carbocycles. The Morgan fingerprint density at radius 3 is 2.19 bits per heavy atom. The summed E-state index contributed by atoms with van der Waals surface area (Å²) in [6.45, 7) is 2.97. The van der Waals surface area contributed by atoms with Crippen molar-refractivity contribution in [3.8, 4) is 0 Å². The minimum Gasteiger partial charge on any atom is -0.368 e. The van der Waals surface area contributed by atoms with E-state index in [4.69, 9.17) is 0 Å². The second kappa shape index (κ2) is 8.23. The van der Waals surface area contributed by atoms with Crippen LogP contribution in [0, 0.1) is 0 Å². The standard InChI is InChI=1S/C19H23N3O3S/c23-16-21-11-13-22(14-12-21)19-8-6-18(7-9-19)20-26(24,25)15-10-17-4-2-1-3-5-17/h1-9,16,20H,10-15H2. The topological polar surface area (TPSA) is 69.7 Å². The molecule has 0 atom stereocenters. The zero-order valence-electron chi connectivity index (χ0n) is 14.5. The Bertz CT molecular complexity index is 815. The fourth-order valence-electron chi connectivity index (χ4n) is 2.95. The average molecular weight is 373 g/mol. The molecule has 1 fully saturated rings. The zero-order chi connectivity index (χ0) is 18.4. The predicted octanol–water partition coefficient (Wildman–Crippen LogP) is 1.95. The number of nitrogens with one attached hydrogen (secondary N) is 1. The van der Waals surface area contributed by atoms with Crippen molar-refractivity contribution in [2.75, 3.05) is 41.6 Å². The van der Waals surface area contributed by atoms with Crippen molar-refractivity contribution in [1.82, 2.24) is 4.90 Å². The van der Waals surface area contributed by atoms with Gasteiger partial charge in [0.2, 0.25) is 16.4 Å². The van der Waals surface area contributed by atoms with Crippen LogP contribution in [0.25, 0.3) is 0 Å². The molecule has 3 rings (SSSR count). The van der Waals surface area contributed by atoms with Gasteiger partial charge in [0.1, 0.15) is 0 Å². The summed E-state index contributed by atoms with van der Waals surface area (Å²) in [5, 5.41) is 0. The van der Waals surface area contributed by atoms with Gasteiger partial charge in [-0.1, -0.05) is 30.3 Å². The summed E-state index contributed by atoms with van der Waals surface area (Å²) in [4.78, 5) is 14.7. The van der Waals surface area contributed by atoms with Gasteiger partial charge in [-0.25, -0.2) is 8.42 Å². The molecular formula is C19H23N3O3S. The summed E-state index contributed by atoms with van der Waals surface area (Å²) >= 11 is 0.